The monoisotopic (exact) mass is 334 g/mol. The van der Waals surface area contributed by atoms with Crippen LogP contribution in [0.15, 0.2) is 21.7 Å². The van der Waals surface area contributed by atoms with E-state index in [4.69, 9.17) is 0 Å². The number of H-pyrrole nitrogens is 2. The fourth-order valence-electron chi connectivity index (χ4n) is 3.02. The number of nitrogens with zero attached hydrogens (tertiary/aromatic N) is 2. The van der Waals surface area contributed by atoms with E-state index in [1.807, 2.05) is 0 Å². The van der Waals surface area contributed by atoms with Gasteiger partial charge in [0.1, 0.15) is 6.04 Å². The van der Waals surface area contributed by atoms with Crippen LogP contribution in [0.5, 0.6) is 0 Å². The number of non-ortho nitro benzene ring substituents is 1. The number of fused-ring (bicyclic) bond motifs is 1. The third kappa shape index (κ3) is 2.78. The predicted molar refractivity (Wildman–Crippen MR) is 82.9 cm³/mol. The molecule has 1 aromatic heterocycles. The fraction of sp³-hybridized carbons (Fsp3) is 0.357. The molecule has 1 saturated heterocycles. The largest absolute Gasteiger partial charge is 0.480 e. The second-order valence-electron chi connectivity index (χ2n) is 5.66. The number of carboxylic acids is 1. The number of hydrogen-bond acceptors (Lipinski definition) is 6. The highest BCUT2D eigenvalue weighted by atomic mass is 16.6. The van der Waals surface area contributed by atoms with E-state index >= 15 is 0 Å². The zero-order valence-electron chi connectivity index (χ0n) is 12.4. The van der Waals surface area contributed by atoms with Crippen LogP contribution in [-0.2, 0) is 11.3 Å². The molecular formula is C14H14N4O6. The van der Waals surface area contributed by atoms with Gasteiger partial charge in [0, 0.05) is 18.7 Å². The minimum atomic E-state index is -0.955. The second-order valence-corrected chi connectivity index (χ2v) is 5.66. The van der Waals surface area contributed by atoms with Crippen molar-refractivity contribution in [3.8, 4) is 0 Å². The normalized spacial score (nSPS) is 18.1. The Morgan fingerprint density at radius 2 is 2.04 bits per heavy atom. The number of nitro benzene ring substituents is 1. The molecule has 0 unspecified atom stereocenters. The van der Waals surface area contributed by atoms with E-state index in [1.54, 1.807) is 4.90 Å². The SMILES string of the molecule is O=C(O)[C@@H]1CCCN1Cc1cc([N+](=O)[O-])cc2[nH]c(=O)c(=O)[nH]c12. The number of likely N-dealkylation sites (tertiary alicyclic amines) is 1. The summed E-state index contributed by atoms with van der Waals surface area (Å²) in [7, 11) is 0. The molecular weight excluding hydrogens is 320 g/mol. The van der Waals surface area contributed by atoms with E-state index in [9.17, 15) is 29.6 Å². The molecule has 1 aliphatic heterocycles. The van der Waals surface area contributed by atoms with Crippen molar-refractivity contribution in [3.63, 3.8) is 0 Å². The number of carboxylic acid groups (broad SMARTS) is 1. The summed E-state index contributed by atoms with van der Waals surface area (Å²) in [6, 6.07) is 1.77. The van der Waals surface area contributed by atoms with Crippen LogP contribution in [0, 0.1) is 10.1 Å². The van der Waals surface area contributed by atoms with Gasteiger partial charge in [0.2, 0.25) is 0 Å². The Balaban J connectivity index is 2.13. The molecule has 10 heteroatoms. The Labute approximate surface area is 133 Å². The molecule has 24 heavy (non-hydrogen) atoms. The second kappa shape index (κ2) is 5.89. The lowest BCUT2D eigenvalue weighted by Gasteiger charge is -2.21. The van der Waals surface area contributed by atoms with Crippen molar-refractivity contribution in [3.05, 3.63) is 48.5 Å². The average Bonchev–Trinajstić information content (AvgIpc) is 2.97. The molecule has 1 fully saturated rings. The van der Waals surface area contributed by atoms with Gasteiger partial charge in [0.25, 0.3) is 5.69 Å². The molecule has 3 N–H and O–H groups in total. The number of aliphatic carboxylic acids is 1. The predicted octanol–water partition coefficient (Wildman–Crippen LogP) is 0.174. The minimum Gasteiger partial charge on any atom is -0.480 e. The van der Waals surface area contributed by atoms with Crippen molar-refractivity contribution in [2.75, 3.05) is 6.54 Å². The Hall–Kier alpha value is -3.01. The Kier molecular flexibility index (Phi) is 3.89. The molecule has 1 atom stereocenters. The van der Waals surface area contributed by atoms with Crippen LogP contribution in [0.1, 0.15) is 18.4 Å². The van der Waals surface area contributed by atoms with Crippen LogP contribution >= 0.6 is 0 Å². The number of rotatable bonds is 4. The average molecular weight is 334 g/mol. The number of aromatic amines is 2. The van der Waals surface area contributed by atoms with Gasteiger partial charge in [-0.3, -0.25) is 29.4 Å². The number of hydrogen-bond donors (Lipinski definition) is 3. The van der Waals surface area contributed by atoms with Gasteiger partial charge in [-0.2, -0.15) is 0 Å². The third-order valence-corrected chi connectivity index (χ3v) is 4.13. The highest BCUT2D eigenvalue weighted by Gasteiger charge is 2.31. The van der Waals surface area contributed by atoms with E-state index in [2.05, 4.69) is 9.97 Å². The van der Waals surface area contributed by atoms with Gasteiger partial charge in [-0.15, -0.1) is 0 Å². The number of benzene rings is 1. The van der Waals surface area contributed by atoms with Crippen molar-refractivity contribution in [1.82, 2.24) is 14.9 Å². The lowest BCUT2D eigenvalue weighted by Crippen LogP contribution is -2.35. The first-order valence-electron chi connectivity index (χ1n) is 7.27. The Morgan fingerprint density at radius 3 is 2.71 bits per heavy atom. The zero-order chi connectivity index (χ0) is 17.4. The van der Waals surface area contributed by atoms with Crippen LogP contribution in [-0.4, -0.2) is 43.5 Å². The van der Waals surface area contributed by atoms with Gasteiger partial charge in [0.05, 0.1) is 16.0 Å². The smallest absolute Gasteiger partial charge is 0.320 e. The van der Waals surface area contributed by atoms with E-state index < -0.39 is 28.1 Å². The topological polar surface area (TPSA) is 149 Å². The molecule has 0 amide bonds. The van der Waals surface area contributed by atoms with Gasteiger partial charge in [0.15, 0.2) is 0 Å². The molecule has 0 saturated carbocycles. The van der Waals surface area contributed by atoms with Crippen LogP contribution in [0.4, 0.5) is 5.69 Å². The van der Waals surface area contributed by atoms with Crippen LogP contribution in [0.3, 0.4) is 0 Å². The summed E-state index contributed by atoms with van der Waals surface area (Å²) >= 11 is 0. The maximum absolute atomic E-state index is 11.6. The minimum absolute atomic E-state index is 0.122. The summed E-state index contributed by atoms with van der Waals surface area (Å²) in [5.41, 5.74) is -1.23. The zero-order valence-corrected chi connectivity index (χ0v) is 12.4. The molecule has 1 aromatic carbocycles. The lowest BCUT2D eigenvalue weighted by molar-refractivity contribution is -0.384. The summed E-state index contributed by atoms with van der Waals surface area (Å²) in [4.78, 5) is 51.2. The van der Waals surface area contributed by atoms with Gasteiger partial charge in [-0.25, -0.2) is 0 Å². The summed E-state index contributed by atoms with van der Waals surface area (Å²) in [5.74, 6) is -0.955. The van der Waals surface area contributed by atoms with E-state index in [0.29, 0.717) is 24.9 Å². The van der Waals surface area contributed by atoms with Crippen LogP contribution in [0.25, 0.3) is 11.0 Å². The maximum atomic E-state index is 11.6. The summed E-state index contributed by atoms with van der Waals surface area (Å²) in [5, 5.41) is 20.3. The standard InChI is InChI=1S/C14H14N4O6/c19-12-13(20)16-11-7(4-8(18(23)24)5-9(11)15-12)6-17-3-1-2-10(17)14(21)22/h4-5,10H,1-3,6H2,(H,15,19)(H,16,20)(H,21,22)/t10-/m0/s1. The summed E-state index contributed by atoms with van der Waals surface area (Å²) in [6.45, 7) is 0.659. The first-order chi connectivity index (χ1) is 11.4. The summed E-state index contributed by atoms with van der Waals surface area (Å²) < 4.78 is 0. The van der Waals surface area contributed by atoms with Crippen molar-refractivity contribution in [2.24, 2.45) is 0 Å². The van der Waals surface area contributed by atoms with Gasteiger partial charge < -0.3 is 15.1 Å². The number of nitrogens with one attached hydrogen (secondary N) is 2. The first-order valence-corrected chi connectivity index (χ1v) is 7.27. The molecule has 10 nitrogen and oxygen atoms in total. The van der Waals surface area contributed by atoms with Gasteiger partial charge in [-0.1, -0.05) is 0 Å². The van der Waals surface area contributed by atoms with Crippen LogP contribution in [0.2, 0.25) is 0 Å². The van der Waals surface area contributed by atoms with E-state index in [0.717, 1.165) is 6.07 Å². The van der Waals surface area contributed by atoms with Crippen molar-refractivity contribution in [1.29, 1.82) is 0 Å². The highest BCUT2D eigenvalue weighted by Crippen LogP contribution is 2.26. The van der Waals surface area contributed by atoms with Crippen molar-refractivity contribution >= 4 is 22.7 Å². The van der Waals surface area contributed by atoms with E-state index in [1.165, 1.54) is 6.07 Å². The number of carbonyl (C=O) groups is 1. The molecule has 0 aliphatic carbocycles. The molecule has 0 radical (unpaired) electrons. The number of aromatic nitrogens is 2. The third-order valence-electron chi connectivity index (χ3n) is 4.13. The molecule has 2 heterocycles. The number of nitro groups is 1. The quantitative estimate of drug-likeness (QED) is 0.410. The molecule has 2 aromatic rings. The van der Waals surface area contributed by atoms with Crippen molar-refractivity contribution < 1.29 is 14.8 Å². The maximum Gasteiger partial charge on any atom is 0.320 e. The first kappa shape index (κ1) is 15.9. The molecule has 3 rings (SSSR count). The van der Waals surface area contributed by atoms with E-state index in [-0.39, 0.29) is 23.3 Å². The van der Waals surface area contributed by atoms with Crippen molar-refractivity contribution in [2.45, 2.75) is 25.4 Å². The van der Waals surface area contributed by atoms with Gasteiger partial charge >= 0.3 is 17.1 Å². The van der Waals surface area contributed by atoms with Crippen LogP contribution < -0.4 is 11.1 Å². The Bertz CT molecular complexity index is 946. The van der Waals surface area contributed by atoms with Gasteiger partial charge in [-0.05, 0) is 24.9 Å². The Morgan fingerprint density at radius 1 is 1.33 bits per heavy atom. The summed E-state index contributed by atoms with van der Waals surface area (Å²) in [6.07, 6.45) is 1.20. The highest BCUT2D eigenvalue weighted by molar-refractivity contribution is 5.80. The molecule has 126 valence electrons. The molecule has 0 bridgehead atoms. The molecule has 1 aliphatic rings. The molecule has 0 spiro atoms. The fourth-order valence-corrected chi connectivity index (χ4v) is 3.02. The lowest BCUT2D eigenvalue weighted by atomic mass is 10.1.